The van der Waals surface area contributed by atoms with Crippen molar-refractivity contribution in [1.29, 1.82) is 0 Å². The number of carbonyl (C=O) groups is 1. The molecule has 1 aliphatic rings. The molecule has 1 fully saturated rings. The van der Waals surface area contributed by atoms with Gasteiger partial charge in [-0.3, -0.25) is 4.79 Å². The van der Waals surface area contributed by atoms with Crippen LogP contribution in [0.2, 0.25) is 5.02 Å². The van der Waals surface area contributed by atoms with Crippen molar-refractivity contribution in [2.45, 2.75) is 17.7 Å². The van der Waals surface area contributed by atoms with Crippen molar-refractivity contribution in [3.05, 3.63) is 77.4 Å². The van der Waals surface area contributed by atoms with Crippen LogP contribution in [0.15, 0.2) is 71.8 Å². The molecule has 0 bridgehead atoms. The molecule has 6 nitrogen and oxygen atoms in total. The number of carbonyl (C=O) groups excluding carboxylic acids is 1. The smallest absolute Gasteiger partial charge is 0.258 e. The second kappa shape index (κ2) is 8.55. The summed E-state index contributed by atoms with van der Waals surface area (Å²) in [4.78, 5) is 17.1. The molecular weight excluding hydrogens is 422 g/mol. The van der Waals surface area contributed by atoms with Crippen molar-refractivity contribution >= 4 is 33.3 Å². The molecule has 0 radical (unpaired) electrons. The molecule has 1 aromatic heterocycles. The molecule has 2 heterocycles. The minimum Gasteiger partial charge on any atom is -0.307 e. The fourth-order valence-corrected chi connectivity index (χ4v) is 5.12. The average molecular weight is 442 g/mol. The van der Waals surface area contributed by atoms with Gasteiger partial charge in [0.15, 0.2) is 0 Å². The molecule has 154 valence electrons. The third-order valence-corrected chi connectivity index (χ3v) is 7.22. The van der Waals surface area contributed by atoms with E-state index in [4.69, 9.17) is 11.6 Å². The Labute approximate surface area is 180 Å². The first-order valence-electron chi connectivity index (χ1n) is 9.58. The number of hydrogen-bond donors (Lipinski definition) is 1. The van der Waals surface area contributed by atoms with Gasteiger partial charge in [-0.25, -0.2) is 13.4 Å². The predicted molar refractivity (Wildman–Crippen MR) is 117 cm³/mol. The maximum atomic E-state index is 12.8. The van der Waals surface area contributed by atoms with E-state index in [9.17, 15) is 13.2 Å². The molecule has 8 heteroatoms. The van der Waals surface area contributed by atoms with Crippen molar-refractivity contribution in [2.24, 2.45) is 0 Å². The number of hydrogen-bond acceptors (Lipinski definition) is 4. The zero-order valence-corrected chi connectivity index (χ0v) is 17.7. The maximum absolute atomic E-state index is 12.8. The number of aromatic nitrogens is 1. The molecule has 0 unspecified atom stereocenters. The van der Waals surface area contributed by atoms with Gasteiger partial charge >= 0.3 is 0 Å². The van der Waals surface area contributed by atoms with Crippen LogP contribution in [0.3, 0.4) is 0 Å². The Kier molecular flexibility index (Phi) is 5.85. The van der Waals surface area contributed by atoms with Gasteiger partial charge in [0.25, 0.3) is 5.91 Å². The van der Waals surface area contributed by atoms with Crippen LogP contribution >= 0.6 is 11.6 Å². The lowest BCUT2D eigenvalue weighted by molar-refractivity contribution is 0.102. The average Bonchev–Trinajstić information content (AvgIpc) is 3.31. The first kappa shape index (κ1) is 20.5. The van der Waals surface area contributed by atoms with Crippen LogP contribution in [0.4, 0.5) is 5.82 Å². The van der Waals surface area contributed by atoms with E-state index in [2.05, 4.69) is 10.3 Å². The van der Waals surface area contributed by atoms with E-state index >= 15 is 0 Å². The van der Waals surface area contributed by atoms with Gasteiger partial charge in [-0.15, -0.1) is 0 Å². The van der Waals surface area contributed by atoms with Crippen molar-refractivity contribution in [3.8, 4) is 11.1 Å². The monoisotopic (exact) mass is 441 g/mol. The quantitative estimate of drug-likeness (QED) is 0.634. The molecule has 1 amide bonds. The van der Waals surface area contributed by atoms with Crippen LogP contribution in [0.1, 0.15) is 23.2 Å². The Morgan fingerprint density at radius 3 is 2.37 bits per heavy atom. The fraction of sp³-hybridized carbons (Fsp3) is 0.182. The highest BCUT2D eigenvalue weighted by atomic mass is 35.5. The molecule has 0 spiro atoms. The lowest BCUT2D eigenvalue weighted by Crippen LogP contribution is -2.28. The second-order valence-electron chi connectivity index (χ2n) is 7.01. The van der Waals surface area contributed by atoms with E-state index in [-0.39, 0.29) is 15.5 Å². The van der Waals surface area contributed by atoms with Crippen LogP contribution in [-0.2, 0) is 10.0 Å². The number of nitrogens with one attached hydrogen (secondary N) is 1. The molecule has 2 aromatic carbocycles. The first-order chi connectivity index (χ1) is 14.4. The fourth-order valence-electron chi connectivity index (χ4n) is 3.37. The highest BCUT2D eigenvalue weighted by molar-refractivity contribution is 7.89. The molecule has 3 aromatic rings. The Bertz CT molecular complexity index is 1160. The van der Waals surface area contributed by atoms with E-state index in [1.807, 2.05) is 36.4 Å². The van der Waals surface area contributed by atoms with Crippen molar-refractivity contribution in [2.75, 3.05) is 18.4 Å². The van der Waals surface area contributed by atoms with Crippen LogP contribution in [0, 0.1) is 0 Å². The SMILES string of the molecule is O=C(Nc1ccc(-c2ccccc2)cn1)c1cc(S(=O)(=O)N2CCCC2)ccc1Cl. The van der Waals surface area contributed by atoms with Gasteiger partial charge in [-0.1, -0.05) is 41.9 Å². The Morgan fingerprint density at radius 1 is 0.967 bits per heavy atom. The summed E-state index contributed by atoms with van der Waals surface area (Å²) in [5, 5.41) is 2.86. The molecular formula is C22H20ClN3O3S. The van der Waals surface area contributed by atoms with Gasteiger partial charge in [0.2, 0.25) is 10.0 Å². The standard InChI is InChI=1S/C22H20ClN3O3S/c23-20-10-9-18(30(28,29)26-12-4-5-13-26)14-19(20)22(27)25-21-11-8-17(15-24-21)16-6-2-1-3-7-16/h1-3,6-11,14-15H,4-5,12-13H2,(H,24,25,27). The van der Waals surface area contributed by atoms with Gasteiger partial charge in [0.1, 0.15) is 5.82 Å². The highest BCUT2D eigenvalue weighted by Gasteiger charge is 2.28. The highest BCUT2D eigenvalue weighted by Crippen LogP contribution is 2.26. The zero-order valence-electron chi connectivity index (χ0n) is 16.1. The number of rotatable bonds is 5. The van der Waals surface area contributed by atoms with Crippen molar-refractivity contribution in [3.63, 3.8) is 0 Å². The topological polar surface area (TPSA) is 79.4 Å². The number of benzene rings is 2. The molecule has 1 N–H and O–H groups in total. The van der Waals surface area contributed by atoms with Crippen molar-refractivity contribution in [1.82, 2.24) is 9.29 Å². The Hall–Kier alpha value is -2.74. The molecule has 0 saturated carbocycles. The van der Waals surface area contributed by atoms with E-state index in [0.717, 1.165) is 24.0 Å². The maximum Gasteiger partial charge on any atom is 0.258 e. The Morgan fingerprint density at radius 2 is 1.70 bits per heavy atom. The zero-order chi connectivity index (χ0) is 21.1. The van der Waals surface area contributed by atoms with E-state index in [0.29, 0.717) is 18.9 Å². The van der Waals surface area contributed by atoms with Crippen LogP contribution in [0.25, 0.3) is 11.1 Å². The summed E-state index contributed by atoms with van der Waals surface area (Å²) in [5.74, 6) is -0.165. The summed E-state index contributed by atoms with van der Waals surface area (Å²) in [6.45, 7) is 0.981. The number of pyridine rings is 1. The minimum absolute atomic E-state index is 0.0614. The van der Waals surface area contributed by atoms with Gasteiger partial charge in [0.05, 0.1) is 15.5 Å². The van der Waals surface area contributed by atoms with Crippen LogP contribution in [-0.4, -0.2) is 36.7 Å². The van der Waals surface area contributed by atoms with Gasteiger partial charge in [0, 0.05) is 24.8 Å². The number of halogens is 1. The summed E-state index contributed by atoms with van der Waals surface area (Å²) < 4.78 is 27.0. The number of nitrogens with zero attached hydrogens (tertiary/aromatic N) is 2. The lowest BCUT2D eigenvalue weighted by Gasteiger charge is -2.16. The summed E-state index contributed by atoms with van der Waals surface area (Å²) in [6, 6.07) is 17.5. The second-order valence-corrected chi connectivity index (χ2v) is 9.35. The third kappa shape index (κ3) is 4.23. The lowest BCUT2D eigenvalue weighted by atomic mass is 10.1. The van der Waals surface area contributed by atoms with E-state index in [1.165, 1.54) is 22.5 Å². The van der Waals surface area contributed by atoms with Crippen molar-refractivity contribution < 1.29 is 13.2 Å². The molecule has 1 aliphatic heterocycles. The van der Waals surface area contributed by atoms with Crippen LogP contribution < -0.4 is 5.32 Å². The number of anilines is 1. The molecule has 1 saturated heterocycles. The molecule has 0 aliphatic carbocycles. The van der Waals surface area contributed by atoms with Gasteiger partial charge in [-0.05, 0) is 48.7 Å². The Balaban J connectivity index is 1.55. The largest absolute Gasteiger partial charge is 0.307 e. The summed E-state index contributed by atoms with van der Waals surface area (Å²) in [6.07, 6.45) is 3.34. The number of amides is 1. The normalized spacial score (nSPS) is 14.6. The predicted octanol–water partition coefficient (Wildman–Crippen LogP) is 4.44. The summed E-state index contributed by atoms with van der Waals surface area (Å²) in [5.41, 5.74) is 2.03. The van der Waals surface area contributed by atoms with E-state index in [1.54, 1.807) is 12.3 Å². The number of sulfonamides is 1. The van der Waals surface area contributed by atoms with E-state index < -0.39 is 15.9 Å². The third-order valence-electron chi connectivity index (χ3n) is 5.00. The molecule has 0 atom stereocenters. The molecule has 4 rings (SSSR count). The summed E-state index contributed by atoms with van der Waals surface area (Å²) >= 11 is 6.18. The van der Waals surface area contributed by atoms with Gasteiger partial charge < -0.3 is 5.32 Å². The minimum atomic E-state index is -3.64. The summed E-state index contributed by atoms with van der Waals surface area (Å²) in [7, 11) is -3.64. The molecule has 30 heavy (non-hydrogen) atoms. The van der Waals surface area contributed by atoms with Crippen LogP contribution in [0.5, 0.6) is 0 Å². The van der Waals surface area contributed by atoms with Gasteiger partial charge in [-0.2, -0.15) is 4.31 Å². The first-order valence-corrected chi connectivity index (χ1v) is 11.4.